The molecule has 1 rings (SSSR count). The number of nitrogens with one attached hydrogen (secondary N) is 1. The van der Waals surface area contributed by atoms with E-state index in [2.05, 4.69) is 20.7 Å². The molecule has 17 heavy (non-hydrogen) atoms. The molecule has 3 nitrogen and oxygen atoms in total. The normalized spacial score (nSPS) is 13.5. The molecule has 0 spiro atoms. The molecule has 1 aromatic carbocycles. The molecule has 0 aliphatic carbocycles. The van der Waals surface area contributed by atoms with Gasteiger partial charge in [-0.1, -0.05) is 46.3 Å². The topological polar surface area (TPSA) is 46.2 Å². The van der Waals surface area contributed by atoms with Crippen LogP contribution >= 0.6 is 15.9 Å². The molecule has 0 radical (unpaired) electrons. The molecular formula is C12H18BrNO2S. The predicted molar refractivity (Wildman–Crippen MR) is 74.9 cm³/mol. The second kappa shape index (κ2) is 7.13. The van der Waals surface area contributed by atoms with Gasteiger partial charge < -0.3 is 0 Å². The predicted octanol–water partition coefficient (Wildman–Crippen LogP) is 2.32. The van der Waals surface area contributed by atoms with Crippen LogP contribution in [0.25, 0.3) is 0 Å². The van der Waals surface area contributed by atoms with Crippen molar-refractivity contribution < 1.29 is 8.42 Å². The van der Waals surface area contributed by atoms with Crippen LogP contribution in [0.15, 0.2) is 30.3 Å². The average Bonchev–Trinajstić information content (AvgIpc) is 2.27. The fourth-order valence-corrected chi connectivity index (χ4v) is 3.52. The number of sulfonamides is 1. The summed E-state index contributed by atoms with van der Waals surface area (Å²) in [6, 6.07) is 9.63. The van der Waals surface area contributed by atoms with Gasteiger partial charge in [0.05, 0.1) is 5.75 Å². The van der Waals surface area contributed by atoms with Crippen LogP contribution in [0.2, 0.25) is 0 Å². The lowest BCUT2D eigenvalue weighted by atomic mass is 10.2. The first kappa shape index (κ1) is 14.7. The minimum Gasteiger partial charge on any atom is -0.212 e. The van der Waals surface area contributed by atoms with Crippen LogP contribution in [0.3, 0.4) is 0 Å². The molecule has 0 aliphatic heterocycles. The van der Waals surface area contributed by atoms with Crippen molar-refractivity contribution in [3.63, 3.8) is 0 Å². The molecule has 1 N–H and O–H groups in total. The van der Waals surface area contributed by atoms with E-state index in [1.807, 2.05) is 37.3 Å². The first-order valence-corrected chi connectivity index (χ1v) is 8.41. The highest BCUT2D eigenvalue weighted by Crippen LogP contribution is 2.03. The molecule has 5 heteroatoms. The van der Waals surface area contributed by atoms with Gasteiger partial charge in [-0.05, 0) is 25.3 Å². The molecule has 1 unspecified atom stereocenters. The molecule has 0 fully saturated rings. The molecule has 0 amide bonds. The summed E-state index contributed by atoms with van der Waals surface area (Å²) in [5.74, 6) is 0.142. The Bertz CT molecular complexity index is 419. The highest BCUT2D eigenvalue weighted by molar-refractivity contribution is 9.09. The SMILES string of the molecule is CC(CCBr)NS(=O)(=O)CCc1ccccc1. The van der Waals surface area contributed by atoms with Crippen molar-refractivity contribution in [3.05, 3.63) is 35.9 Å². The third-order valence-corrected chi connectivity index (χ3v) is 4.39. The first-order valence-electron chi connectivity index (χ1n) is 5.63. The maximum absolute atomic E-state index is 11.8. The Morgan fingerprint density at radius 3 is 2.53 bits per heavy atom. The standard InChI is InChI=1S/C12H18BrNO2S/c1-11(7-9-13)14-17(15,16)10-8-12-5-3-2-4-6-12/h2-6,11,14H,7-10H2,1H3. The summed E-state index contributed by atoms with van der Waals surface area (Å²) < 4.78 is 26.2. The van der Waals surface area contributed by atoms with Crippen molar-refractivity contribution in [3.8, 4) is 0 Å². The smallest absolute Gasteiger partial charge is 0.212 e. The Balaban J connectivity index is 2.45. The summed E-state index contributed by atoms with van der Waals surface area (Å²) in [6.45, 7) is 1.88. The van der Waals surface area contributed by atoms with Gasteiger partial charge in [0.25, 0.3) is 0 Å². The van der Waals surface area contributed by atoms with Crippen LogP contribution in [0, 0.1) is 0 Å². The maximum Gasteiger partial charge on any atom is 0.212 e. The molecule has 96 valence electrons. The van der Waals surface area contributed by atoms with Crippen molar-refractivity contribution in [2.24, 2.45) is 0 Å². The molecule has 1 atom stereocenters. The van der Waals surface area contributed by atoms with E-state index in [1.165, 1.54) is 0 Å². The maximum atomic E-state index is 11.8. The van der Waals surface area contributed by atoms with E-state index in [-0.39, 0.29) is 11.8 Å². The van der Waals surface area contributed by atoms with Crippen molar-refractivity contribution in [1.82, 2.24) is 4.72 Å². The fourth-order valence-electron chi connectivity index (χ4n) is 1.48. The average molecular weight is 320 g/mol. The van der Waals surface area contributed by atoms with E-state index in [4.69, 9.17) is 0 Å². The molecule has 0 saturated heterocycles. The summed E-state index contributed by atoms with van der Waals surface area (Å²) in [6.07, 6.45) is 1.35. The van der Waals surface area contributed by atoms with Gasteiger partial charge in [-0.15, -0.1) is 0 Å². The fraction of sp³-hybridized carbons (Fsp3) is 0.500. The lowest BCUT2D eigenvalue weighted by Gasteiger charge is -2.12. The van der Waals surface area contributed by atoms with Crippen molar-refractivity contribution >= 4 is 26.0 Å². The Morgan fingerprint density at radius 2 is 1.94 bits per heavy atom. The van der Waals surface area contributed by atoms with E-state index >= 15 is 0 Å². The minimum absolute atomic E-state index is 0.0184. The monoisotopic (exact) mass is 319 g/mol. The largest absolute Gasteiger partial charge is 0.212 e. The minimum atomic E-state index is -3.17. The summed E-state index contributed by atoms with van der Waals surface area (Å²) in [4.78, 5) is 0. The van der Waals surface area contributed by atoms with Gasteiger partial charge in [0, 0.05) is 11.4 Å². The van der Waals surface area contributed by atoms with Gasteiger partial charge in [-0.2, -0.15) is 0 Å². The van der Waals surface area contributed by atoms with Gasteiger partial charge in [0.15, 0.2) is 0 Å². The van der Waals surface area contributed by atoms with Gasteiger partial charge in [-0.3, -0.25) is 0 Å². The third kappa shape index (κ3) is 6.19. The van der Waals surface area contributed by atoms with Crippen LogP contribution in [-0.4, -0.2) is 25.5 Å². The summed E-state index contributed by atoms with van der Waals surface area (Å²) in [5.41, 5.74) is 1.05. The highest BCUT2D eigenvalue weighted by atomic mass is 79.9. The van der Waals surface area contributed by atoms with Crippen molar-refractivity contribution in [2.75, 3.05) is 11.1 Å². The van der Waals surface area contributed by atoms with Crippen LogP contribution < -0.4 is 4.72 Å². The van der Waals surface area contributed by atoms with Crippen LogP contribution in [0.5, 0.6) is 0 Å². The second-order valence-electron chi connectivity index (χ2n) is 4.05. The lowest BCUT2D eigenvalue weighted by molar-refractivity contribution is 0.557. The summed E-state index contributed by atoms with van der Waals surface area (Å²) in [5, 5.41) is 0.801. The third-order valence-electron chi connectivity index (χ3n) is 2.43. The number of aryl methyl sites for hydroxylation is 1. The van der Waals surface area contributed by atoms with E-state index in [1.54, 1.807) is 0 Å². The van der Waals surface area contributed by atoms with Crippen molar-refractivity contribution in [1.29, 1.82) is 0 Å². The molecule has 0 bridgehead atoms. The molecule has 0 aromatic heterocycles. The Labute approximate surface area is 112 Å². The van der Waals surface area contributed by atoms with E-state index in [9.17, 15) is 8.42 Å². The van der Waals surface area contributed by atoms with E-state index < -0.39 is 10.0 Å². The zero-order valence-corrected chi connectivity index (χ0v) is 12.3. The highest BCUT2D eigenvalue weighted by Gasteiger charge is 2.13. The zero-order valence-electron chi connectivity index (χ0n) is 9.90. The van der Waals surface area contributed by atoms with E-state index in [0.29, 0.717) is 6.42 Å². The van der Waals surface area contributed by atoms with Crippen LogP contribution in [-0.2, 0) is 16.4 Å². The second-order valence-corrected chi connectivity index (χ2v) is 6.72. The summed E-state index contributed by atoms with van der Waals surface area (Å²) in [7, 11) is -3.17. The number of benzene rings is 1. The van der Waals surface area contributed by atoms with Gasteiger partial charge >= 0.3 is 0 Å². The molecule has 0 saturated carbocycles. The summed E-state index contributed by atoms with van der Waals surface area (Å²) >= 11 is 3.30. The first-order chi connectivity index (χ1) is 8.03. The van der Waals surface area contributed by atoms with Gasteiger partial charge in [0.1, 0.15) is 0 Å². The van der Waals surface area contributed by atoms with Crippen LogP contribution in [0.1, 0.15) is 18.9 Å². The Morgan fingerprint density at radius 1 is 1.29 bits per heavy atom. The quantitative estimate of drug-likeness (QED) is 0.784. The number of hydrogen-bond acceptors (Lipinski definition) is 2. The number of alkyl halides is 1. The Hall–Kier alpha value is -0.390. The zero-order chi connectivity index (χ0) is 12.7. The van der Waals surface area contributed by atoms with E-state index in [0.717, 1.165) is 17.3 Å². The molecule has 1 aromatic rings. The van der Waals surface area contributed by atoms with Gasteiger partial charge in [0.2, 0.25) is 10.0 Å². The number of rotatable bonds is 7. The number of hydrogen-bond donors (Lipinski definition) is 1. The Kier molecular flexibility index (Phi) is 6.16. The number of halogens is 1. The van der Waals surface area contributed by atoms with Crippen molar-refractivity contribution in [2.45, 2.75) is 25.8 Å². The van der Waals surface area contributed by atoms with Gasteiger partial charge in [-0.25, -0.2) is 13.1 Å². The molecule has 0 aliphatic rings. The molecular weight excluding hydrogens is 302 g/mol. The van der Waals surface area contributed by atoms with Crippen LogP contribution in [0.4, 0.5) is 0 Å². The lowest BCUT2D eigenvalue weighted by Crippen LogP contribution is -2.35. The molecule has 0 heterocycles.